The minimum absolute atomic E-state index is 0.100. The van der Waals surface area contributed by atoms with E-state index in [0.717, 1.165) is 31.5 Å². The molecule has 1 aliphatic heterocycles. The number of fused-ring (bicyclic) bond motifs is 1. The van der Waals surface area contributed by atoms with Crippen LogP contribution >= 0.6 is 11.6 Å². The van der Waals surface area contributed by atoms with E-state index in [1.54, 1.807) is 0 Å². The molecular weight excluding hydrogens is 550 g/mol. The number of allylic oxidation sites excluding steroid dienone is 1. The maximum Gasteiger partial charge on any atom is 0.433 e. The van der Waals surface area contributed by atoms with Crippen LogP contribution in [0.1, 0.15) is 31.4 Å². The quantitative estimate of drug-likeness (QED) is 0.215. The van der Waals surface area contributed by atoms with Gasteiger partial charge in [-0.3, -0.25) is 9.79 Å². The second-order valence-corrected chi connectivity index (χ2v) is 10.1. The molecule has 2 aromatic rings. The van der Waals surface area contributed by atoms with Crippen molar-refractivity contribution in [3.05, 3.63) is 46.3 Å². The van der Waals surface area contributed by atoms with Crippen molar-refractivity contribution in [2.24, 2.45) is 16.6 Å². The van der Waals surface area contributed by atoms with Crippen LogP contribution < -0.4 is 21.7 Å². The van der Waals surface area contributed by atoms with Crippen molar-refractivity contribution in [1.82, 2.24) is 15.6 Å². The van der Waals surface area contributed by atoms with Crippen molar-refractivity contribution >= 4 is 40.3 Å². The van der Waals surface area contributed by atoms with Crippen LogP contribution in [0.15, 0.2) is 40.5 Å². The molecule has 39 heavy (non-hydrogen) atoms. The van der Waals surface area contributed by atoms with E-state index >= 15 is 0 Å². The van der Waals surface area contributed by atoms with Gasteiger partial charge in [-0.1, -0.05) is 18.0 Å². The molecule has 4 rings (SSSR count). The van der Waals surface area contributed by atoms with Crippen molar-refractivity contribution < 1.29 is 31.1 Å². The molecule has 1 aliphatic carbocycles. The van der Waals surface area contributed by atoms with Crippen molar-refractivity contribution in [1.29, 1.82) is 0 Å². The molecule has 1 saturated carbocycles. The number of nitrogens with zero attached hydrogens (tertiary/aromatic N) is 2. The minimum Gasteiger partial charge on any atom is -0.401 e. The third-order valence-corrected chi connectivity index (χ3v) is 6.93. The number of piperidine rings is 1. The third kappa shape index (κ3) is 7.53. The maximum absolute atomic E-state index is 13.5. The summed E-state index contributed by atoms with van der Waals surface area (Å²) in [6.07, 6.45) is -5.63. The van der Waals surface area contributed by atoms with E-state index in [4.69, 9.17) is 17.3 Å². The summed E-state index contributed by atoms with van der Waals surface area (Å²) in [5.74, 6) is -0.755. The van der Waals surface area contributed by atoms with Gasteiger partial charge in [-0.15, -0.1) is 0 Å². The molecule has 212 valence electrons. The summed E-state index contributed by atoms with van der Waals surface area (Å²) < 4.78 is 78.2. The van der Waals surface area contributed by atoms with Gasteiger partial charge in [0.05, 0.1) is 11.1 Å². The molecule has 7 nitrogen and oxygen atoms in total. The Morgan fingerprint density at radius 2 is 1.87 bits per heavy atom. The normalized spacial score (nSPS) is 21.5. The van der Waals surface area contributed by atoms with Crippen LogP contribution in [0, 0.1) is 5.92 Å². The molecule has 1 aromatic heterocycles. The second-order valence-electron chi connectivity index (χ2n) is 9.70. The zero-order chi connectivity index (χ0) is 28.4. The molecule has 1 saturated heterocycles. The number of carbonyl (C=O) groups excluding carboxylic acids is 1. The number of anilines is 1. The van der Waals surface area contributed by atoms with E-state index in [9.17, 15) is 31.1 Å². The zero-order valence-electron chi connectivity index (χ0n) is 20.6. The first-order valence-electron chi connectivity index (χ1n) is 12.3. The number of alkyl halides is 6. The number of rotatable bonds is 7. The van der Waals surface area contributed by atoms with Gasteiger partial charge in [0.15, 0.2) is 0 Å². The number of pyridine rings is 1. The molecule has 1 amide bonds. The number of halogens is 7. The van der Waals surface area contributed by atoms with Crippen molar-refractivity contribution in [3.8, 4) is 0 Å². The number of nitrogens with one attached hydrogen (secondary N) is 3. The monoisotopic (exact) mass is 576 g/mol. The average molecular weight is 577 g/mol. The summed E-state index contributed by atoms with van der Waals surface area (Å²) >= 11 is 6.07. The van der Waals surface area contributed by atoms with E-state index in [1.165, 1.54) is 18.2 Å². The van der Waals surface area contributed by atoms with Gasteiger partial charge in [0.25, 0.3) is 5.91 Å². The van der Waals surface area contributed by atoms with E-state index in [-0.39, 0.29) is 28.4 Å². The smallest absolute Gasteiger partial charge is 0.401 e. The Kier molecular flexibility index (Phi) is 8.60. The summed E-state index contributed by atoms with van der Waals surface area (Å²) in [7, 11) is 0. The molecule has 2 atom stereocenters. The lowest BCUT2D eigenvalue weighted by atomic mass is 9.81. The van der Waals surface area contributed by atoms with E-state index in [0.29, 0.717) is 29.9 Å². The summed E-state index contributed by atoms with van der Waals surface area (Å²) in [5, 5.41) is 9.74. The van der Waals surface area contributed by atoms with Crippen molar-refractivity contribution in [2.45, 2.75) is 50.1 Å². The van der Waals surface area contributed by atoms with Crippen LogP contribution in [0.5, 0.6) is 0 Å². The number of aromatic nitrogens is 1. The van der Waals surface area contributed by atoms with Gasteiger partial charge >= 0.3 is 12.4 Å². The lowest BCUT2D eigenvalue weighted by Gasteiger charge is -2.33. The maximum atomic E-state index is 13.5. The predicted molar refractivity (Wildman–Crippen MR) is 137 cm³/mol. The van der Waals surface area contributed by atoms with E-state index in [1.807, 2.05) is 0 Å². The van der Waals surface area contributed by atoms with Crippen LogP contribution in [-0.4, -0.2) is 55.0 Å². The second kappa shape index (κ2) is 11.6. The topological polar surface area (TPSA) is 104 Å². The zero-order valence-corrected chi connectivity index (χ0v) is 21.4. The minimum atomic E-state index is -4.66. The van der Waals surface area contributed by atoms with Gasteiger partial charge in [0, 0.05) is 53.2 Å². The Morgan fingerprint density at radius 3 is 2.51 bits per heavy atom. The highest BCUT2D eigenvalue weighted by Crippen LogP contribution is 2.35. The van der Waals surface area contributed by atoms with Crippen molar-refractivity contribution in [3.63, 3.8) is 0 Å². The highest BCUT2D eigenvalue weighted by atomic mass is 35.5. The van der Waals surface area contributed by atoms with Crippen LogP contribution in [0.25, 0.3) is 10.9 Å². The molecule has 2 aliphatic rings. The van der Waals surface area contributed by atoms with E-state index < -0.39 is 42.6 Å². The first-order chi connectivity index (χ1) is 18.3. The molecule has 14 heteroatoms. The Hall–Kier alpha value is -3.06. The summed E-state index contributed by atoms with van der Waals surface area (Å²) in [6.45, 7) is -0.711. The third-order valence-electron chi connectivity index (χ3n) is 6.70. The summed E-state index contributed by atoms with van der Waals surface area (Å²) in [4.78, 5) is 20.1. The summed E-state index contributed by atoms with van der Waals surface area (Å²) in [5.41, 5.74) is 5.46. The number of hydrogen-bond donors (Lipinski definition) is 4. The number of aliphatic imine (C=N–C) groups is 1. The van der Waals surface area contributed by atoms with Crippen LogP contribution in [0.2, 0.25) is 5.02 Å². The van der Waals surface area contributed by atoms with Gasteiger partial charge < -0.3 is 21.7 Å². The lowest BCUT2D eigenvalue weighted by Crippen LogP contribution is -2.53. The molecule has 5 N–H and O–H groups in total. The highest BCUT2D eigenvalue weighted by molar-refractivity contribution is 6.31. The molecule has 0 unspecified atom stereocenters. The van der Waals surface area contributed by atoms with Crippen LogP contribution in [0.4, 0.5) is 32.0 Å². The number of amides is 1. The van der Waals surface area contributed by atoms with Gasteiger partial charge in [0.1, 0.15) is 12.2 Å². The lowest BCUT2D eigenvalue weighted by molar-refractivity contribution is -0.141. The molecule has 0 bridgehead atoms. The van der Waals surface area contributed by atoms with Gasteiger partial charge in [-0.05, 0) is 49.4 Å². The van der Waals surface area contributed by atoms with Gasteiger partial charge in [-0.2, -0.15) is 26.3 Å². The van der Waals surface area contributed by atoms with E-state index in [2.05, 4.69) is 25.9 Å². The summed E-state index contributed by atoms with van der Waals surface area (Å²) in [6, 6.07) is 4.40. The van der Waals surface area contributed by atoms with Gasteiger partial charge in [0.2, 0.25) is 0 Å². The molecule has 2 fully saturated rings. The molecule has 0 spiro atoms. The number of hydrogen-bond acceptors (Lipinski definition) is 6. The molecular formula is C25H27ClF6N6O. The number of nitrogens with two attached hydrogens (primary N) is 1. The first kappa shape index (κ1) is 28.9. The molecule has 2 heterocycles. The van der Waals surface area contributed by atoms with Gasteiger partial charge in [-0.25, -0.2) is 4.98 Å². The number of benzene rings is 1. The van der Waals surface area contributed by atoms with Crippen LogP contribution in [0.3, 0.4) is 0 Å². The Bertz CT molecular complexity index is 1270. The molecule has 1 aromatic carbocycles. The Morgan fingerprint density at radius 1 is 1.15 bits per heavy atom. The van der Waals surface area contributed by atoms with Crippen LogP contribution in [-0.2, 0) is 11.0 Å². The van der Waals surface area contributed by atoms with Crippen molar-refractivity contribution in [2.75, 3.05) is 25.0 Å². The Balaban J connectivity index is 1.51. The number of carbonyl (C=O) groups is 1. The molecule has 0 radical (unpaired) electrons. The fraction of sp³-hybridized carbons (Fsp3) is 0.480. The average Bonchev–Trinajstić information content (AvgIpc) is 2.79. The Labute approximate surface area is 225 Å². The SMILES string of the molecule is N/C(=C(\C=NCC(F)(F)F)C(=O)N[C@@H]1CNC[C@H](Nc2cc(C(F)(F)F)nc3ccc(Cl)cc23)C1)C1CCC1. The highest BCUT2D eigenvalue weighted by Gasteiger charge is 2.34. The fourth-order valence-electron chi connectivity index (χ4n) is 4.55. The fourth-order valence-corrected chi connectivity index (χ4v) is 4.72. The first-order valence-corrected chi connectivity index (χ1v) is 12.7. The predicted octanol–water partition coefficient (Wildman–Crippen LogP) is 4.81. The standard InChI is InChI=1S/C25H27ClF6N6O/c26-14-4-5-19-17(6-14)20(8-21(38-19)25(30,31)32)36-15-7-16(10-34-9-15)37-23(39)18(11-35-12-24(27,28)29)22(33)13-2-1-3-13/h4-6,8,11,13,15-16,34H,1-3,7,9-10,12,33H2,(H,36,38)(H,37,39)/b22-18+,35-11?/t15-,16+/m1/s1. The largest absolute Gasteiger partial charge is 0.433 e.